The molecule has 3 aromatic heterocycles. The van der Waals surface area contributed by atoms with Gasteiger partial charge in [-0.25, -0.2) is 14.8 Å². The van der Waals surface area contributed by atoms with Crippen LogP contribution in [0.4, 0.5) is 10.7 Å². The van der Waals surface area contributed by atoms with Crippen molar-refractivity contribution in [2.75, 3.05) is 26.6 Å². The van der Waals surface area contributed by atoms with Gasteiger partial charge < -0.3 is 24.6 Å². The first-order chi connectivity index (χ1) is 23.3. The normalized spacial score (nSPS) is 16.6. The number of hydrogen-bond acceptors (Lipinski definition) is 9. The Balaban J connectivity index is 1.28. The number of methoxy groups -OCH3 is 3. The van der Waals surface area contributed by atoms with Crippen molar-refractivity contribution in [1.29, 1.82) is 0 Å². The molecular formula is C37H45N7O5. The smallest absolute Gasteiger partial charge is 0.408 e. The van der Waals surface area contributed by atoms with Crippen molar-refractivity contribution in [3.8, 4) is 17.2 Å². The molecule has 2 N–H and O–H groups in total. The summed E-state index contributed by atoms with van der Waals surface area (Å²) >= 11 is 0. The van der Waals surface area contributed by atoms with Gasteiger partial charge in [0.15, 0.2) is 11.5 Å². The molecule has 0 spiro atoms. The molecule has 1 aliphatic carbocycles. The lowest BCUT2D eigenvalue weighted by Gasteiger charge is -2.45. The quantitative estimate of drug-likeness (QED) is 0.155. The summed E-state index contributed by atoms with van der Waals surface area (Å²) in [5, 5.41) is 19.4. The van der Waals surface area contributed by atoms with E-state index in [4.69, 9.17) is 34.3 Å². The Morgan fingerprint density at radius 1 is 0.959 bits per heavy atom. The monoisotopic (exact) mass is 667 g/mol. The molecule has 6 rings (SSSR count). The van der Waals surface area contributed by atoms with Gasteiger partial charge in [-0.1, -0.05) is 12.1 Å². The number of hydrogen-bond donors (Lipinski definition) is 2. The zero-order valence-electron chi connectivity index (χ0n) is 29.4. The molecule has 2 aromatic carbocycles. The molecule has 2 atom stereocenters. The Labute approximate surface area is 286 Å². The fraction of sp³-hybridized carbons (Fsp3) is 0.432. The number of aromatic nitrogens is 5. The van der Waals surface area contributed by atoms with Crippen LogP contribution in [-0.2, 0) is 12.1 Å². The zero-order chi connectivity index (χ0) is 35.1. The summed E-state index contributed by atoms with van der Waals surface area (Å²) in [6.07, 6.45) is 3.60. The topological polar surface area (TPSA) is 136 Å². The van der Waals surface area contributed by atoms with Crippen LogP contribution in [-0.4, -0.2) is 67.5 Å². The molecule has 12 heteroatoms. The Morgan fingerprint density at radius 2 is 1.71 bits per heavy atom. The molecule has 12 nitrogen and oxygen atoms in total. The van der Waals surface area contributed by atoms with Gasteiger partial charge in [-0.15, -0.1) is 5.10 Å². The van der Waals surface area contributed by atoms with Crippen LogP contribution in [0.2, 0.25) is 0 Å². The SMILES string of the molecule is COc1ccc(CNc2nc3c(OC)cccc3c3nc(C4CCC(c5ccc(C(C)(C)N(C(=O)O)C(C)(C)C)cn5)C4)nn23)c(OC)c1. The number of amides is 1. The Morgan fingerprint density at radius 3 is 2.37 bits per heavy atom. The minimum atomic E-state index is -0.958. The number of carbonyl (C=O) groups is 1. The van der Waals surface area contributed by atoms with Gasteiger partial charge in [0.2, 0.25) is 5.95 Å². The van der Waals surface area contributed by atoms with Crippen molar-refractivity contribution < 1.29 is 24.1 Å². The zero-order valence-corrected chi connectivity index (χ0v) is 29.4. The second kappa shape index (κ2) is 13.1. The molecule has 0 aliphatic heterocycles. The molecule has 0 saturated heterocycles. The first kappa shape index (κ1) is 33.8. The molecule has 258 valence electrons. The Hall–Kier alpha value is -5.13. The molecule has 1 aliphatic rings. The van der Waals surface area contributed by atoms with E-state index in [2.05, 4.69) is 5.32 Å². The summed E-state index contributed by atoms with van der Waals surface area (Å²) in [5.74, 6) is 3.77. The highest BCUT2D eigenvalue weighted by Crippen LogP contribution is 2.43. The van der Waals surface area contributed by atoms with E-state index in [1.54, 1.807) is 25.8 Å². The molecule has 1 saturated carbocycles. The molecule has 5 aromatic rings. The molecular weight excluding hydrogens is 622 g/mol. The van der Waals surface area contributed by atoms with E-state index in [0.29, 0.717) is 40.9 Å². The van der Waals surface area contributed by atoms with Crippen molar-refractivity contribution in [3.63, 3.8) is 0 Å². The van der Waals surface area contributed by atoms with Crippen molar-refractivity contribution >= 4 is 28.6 Å². The van der Waals surface area contributed by atoms with Gasteiger partial charge in [-0.2, -0.15) is 4.52 Å². The number of anilines is 1. The maximum Gasteiger partial charge on any atom is 0.408 e. The number of nitrogens with zero attached hydrogens (tertiary/aromatic N) is 6. The van der Waals surface area contributed by atoms with E-state index >= 15 is 0 Å². The van der Waals surface area contributed by atoms with Gasteiger partial charge in [0.05, 0.1) is 26.9 Å². The average Bonchev–Trinajstić information content (AvgIpc) is 3.74. The molecule has 0 bridgehead atoms. The second-order valence-electron chi connectivity index (χ2n) is 14.1. The average molecular weight is 668 g/mol. The maximum absolute atomic E-state index is 12.2. The number of nitrogens with one attached hydrogen (secondary N) is 1. The molecule has 1 fully saturated rings. The second-order valence-corrected chi connectivity index (χ2v) is 14.1. The number of carboxylic acid groups (broad SMARTS) is 1. The third-order valence-electron chi connectivity index (χ3n) is 9.56. The molecule has 49 heavy (non-hydrogen) atoms. The summed E-state index contributed by atoms with van der Waals surface area (Å²) in [7, 11) is 4.90. The van der Waals surface area contributed by atoms with Gasteiger partial charge in [0.1, 0.15) is 22.8 Å². The highest BCUT2D eigenvalue weighted by molar-refractivity contribution is 5.96. The number of rotatable bonds is 10. The summed E-state index contributed by atoms with van der Waals surface area (Å²) in [6.45, 7) is 10.0. The number of ether oxygens (including phenoxy) is 3. The minimum Gasteiger partial charge on any atom is -0.497 e. The molecule has 0 radical (unpaired) electrons. The lowest BCUT2D eigenvalue weighted by molar-refractivity contribution is 0.0312. The summed E-state index contributed by atoms with van der Waals surface area (Å²) in [4.78, 5) is 28.6. The lowest BCUT2D eigenvalue weighted by Crippen LogP contribution is -2.55. The first-order valence-electron chi connectivity index (χ1n) is 16.5. The molecule has 3 heterocycles. The largest absolute Gasteiger partial charge is 0.497 e. The van der Waals surface area contributed by atoms with E-state index in [0.717, 1.165) is 47.3 Å². The van der Waals surface area contributed by atoms with Crippen LogP contribution in [0.15, 0.2) is 54.7 Å². The fourth-order valence-electron chi connectivity index (χ4n) is 7.23. The summed E-state index contributed by atoms with van der Waals surface area (Å²) in [6, 6.07) is 15.6. The maximum atomic E-state index is 12.2. The van der Waals surface area contributed by atoms with Crippen molar-refractivity contribution in [1.82, 2.24) is 29.5 Å². The van der Waals surface area contributed by atoms with E-state index in [1.807, 2.05) is 89.3 Å². The van der Waals surface area contributed by atoms with Gasteiger partial charge in [-0.3, -0.25) is 9.88 Å². The van der Waals surface area contributed by atoms with E-state index in [-0.39, 0.29) is 11.8 Å². The number of pyridine rings is 1. The highest BCUT2D eigenvalue weighted by atomic mass is 16.5. The van der Waals surface area contributed by atoms with Crippen LogP contribution in [0.1, 0.15) is 88.4 Å². The summed E-state index contributed by atoms with van der Waals surface area (Å²) < 4.78 is 18.5. The minimum absolute atomic E-state index is 0.140. The van der Waals surface area contributed by atoms with Gasteiger partial charge in [-0.05, 0) is 89.8 Å². The number of para-hydroxylation sites is 1. The van der Waals surface area contributed by atoms with Gasteiger partial charge >= 0.3 is 6.09 Å². The van der Waals surface area contributed by atoms with Crippen LogP contribution in [0.25, 0.3) is 16.6 Å². The predicted octanol–water partition coefficient (Wildman–Crippen LogP) is 7.38. The van der Waals surface area contributed by atoms with E-state index < -0.39 is 17.2 Å². The van der Waals surface area contributed by atoms with Crippen molar-refractivity contribution in [3.05, 3.63) is 77.4 Å². The van der Waals surface area contributed by atoms with Crippen LogP contribution in [0.3, 0.4) is 0 Å². The van der Waals surface area contributed by atoms with Gasteiger partial charge in [0.25, 0.3) is 0 Å². The highest BCUT2D eigenvalue weighted by Gasteiger charge is 2.40. The van der Waals surface area contributed by atoms with Crippen LogP contribution in [0, 0.1) is 0 Å². The Kier molecular flexibility index (Phi) is 9.00. The fourth-order valence-corrected chi connectivity index (χ4v) is 7.23. The standard InChI is InChI=1S/C37H45N7O5/c1-36(2,3)44(35(45)46)37(4,5)25-15-17-28(38-21-25)22-12-13-23(18-22)32-41-33-27-10-9-11-29(48-7)31(27)40-34(43(33)42-32)39-20-24-14-16-26(47-6)19-30(24)49-8/h9-11,14-17,19,21-23H,12-13,18,20H2,1-8H3,(H,39,40)(H,45,46). The van der Waals surface area contributed by atoms with Crippen molar-refractivity contribution in [2.24, 2.45) is 0 Å². The third kappa shape index (κ3) is 6.39. The summed E-state index contributed by atoms with van der Waals surface area (Å²) in [5.41, 5.74) is 2.87. The Bertz CT molecular complexity index is 1980. The van der Waals surface area contributed by atoms with Gasteiger partial charge in [0, 0.05) is 52.8 Å². The lowest BCUT2D eigenvalue weighted by atomic mass is 9.88. The van der Waals surface area contributed by atoms with Crippen LogP contribution in [0.5, 0.6) is 17.2 Å². The third-order valence-corrected chi connectivity index (χ3v) is 9.56. The number of benzene rings is 2. The van der Waals surface area contributed by atoms with Crippen molar-refractivity contribution in [2.45, 2.75) is 83.3 Å². The first-order valence-corrected chi connectivity index (χ1v) is 16.5. The molecule has 1 amide bonds. The molecule has 2 unspecified atom stereocenters. The van der Waals surface area contributed by atoms with E-state index in [9.17, 15) is 9.90 Å². The van der Waals surface area contributed by atoms with E-state index in [1.165, 1.54) is 4.90 Å². The number of fused-ring (bicyclic) bond motifs is 3. The predicted molar refractivity (Wildman–Crippen MR) is 188 cm³/mol. The van der Waals surface area contributed by atoms with Crippen LogP contribution >= 0.6 is 0 Å². The van der Waals surface area contributed by atoms with Crippen LogP contribution < -0.4 is 19.5 Å².